The van der Waals surface area contributed by atoms with Crippen LogP contribution in [0.3, 0.4) is 0 Å². The molecule has 0 fully saturated rings. The average molecular weight is 757 g/mol. The Kier molecular flexibility index (Phi) is 6.76. The van der Waals surface area contributed by atoms with Crippen molar-refractivity contribution in [1.82, 2.24) is 4.57 Å². The van der Waals surface area contributed by atoms with Crippen LogP contribution in [0.4, 0.5) is 17.1 Å². The van der Waals surface area contributed by atoms with E-state index in [-0.39, 0.29) is 16.2 Å². The molecule has 3 aliphatic carbocycles. The molecule has 282 valence electrons. The highest BCUT2D eigenvalue weighted by Crippen LogP contribution is 2.59. The highest BCUT2D eigenvalue weighted by atomic mass is 15.2. The molecule has 0 radical (unpaired) electrons. The lowest BCUT2D eigenvalue weighted by atomic mass is 9.71. The molecule has 0 spiro atoms. The van der Waals surface area contributed by atoms with E-state index in [1.165, 1.54) is 100 Å². The van der Waals surface area contributed by atoms with Gasteiger partial charge in [0.05, 0.1) is 22.6 Å². The van der Waals surface area contributed by atoms with Gasteiger partial charge in [-0.05, 0) is 134 Å². The number of hydrogen-bond acceptors (Lipinski definition) is 1. The third-order valence-corrected chi connectivity index (χ3v) is 14.3. The predicted molar refractivity (Wildman–Crippen MR) is 247 cm³/mol. The minimum atomic E-state index is -0.279. The molecule has 1 aliphatic heterocycles. The van der Waals surface area contributed by atoms with Gasteiger partial charge in [0.25, 0.3) is 0 Å². The molecule has 1 aromatic heterocycles. The van der Waals surface area contributed by atoms with Crippen LogP contribution in [0.25, 0.3) is 62.1 Å². The molecular formula is C57H44N2. The smallest absolute Gasteiger partial charge is 0.0631 e. The van der Waals surface area contributed by atoms with E-state index in [9.17, 15) is 0 Å². The maximum Gasteiger partial charge on any atom is 0.0631 e. The molecule has 0 amide bonds. The lowest BCUT2D eigenvalue weighted by Gasteiger charge is -2.43. The van der Waals surface area contributed by atoms with Crippen molar-refractivity contribution < 1.29 is 0 Å². The van der Waals surface area contributed by atoms with Crippen molar-refractivity contribution in [1.29, 1.82) is 0 Å². The molecule has 0 saturated heterocycles. The van der Waals surface area contributed by atoms with Gasteiger partial charge in [0, 0.05) is 44.6 Å². The van der Waals surface area contributed by atoms with Crippen LogP contribution in [0.5, 0.6) is 0 Å². The van der Waals surface area contributed by atoms with Crippen molar-refractivity contribution in [2.24, 2.45) is 0 Å². The second-order valence-electron chi connectivity index (χ2n) is 18.5. The van der Waals surface area contributed by atoms with Crippen LogP contribution >= 0.6 is 0 Å². The fourth-order valence-electron chi connectivity index (χ4n) is 11.1. The van der Waals surface area contributed by atoms with E-state index in [2.05, 4.69) is 220 Å². The Morgan fingerprint density at radius 2 is 1.00 bits per heavy atom. The zero-order valence-electron chi connectivity index (χ0n) is 34.4. The Labute approximate surface area is 346 Å². The summed E-state index contributed by atoms with van der Waals surface area (Å²) in [5, 5.41) is 1.22. The van der Waals surface area contributed by atoms with Gasteiger partial charge in [0.2, 0.25) is 0 Å². The summed E-state index contributed by atoms with van der Waals surface area (Å²) < 4.78 is 2.35. The minimum absolute atomic E-state index is 0.105. The SMILES string of the molecule is CC1(C)c2ccccc2-c2ccc(N3c4ccc(-c5ccc6c(c5)c5c(n6-c6ccccc6)C=C=C=C5)cc4C(C)(C)c4cc5c(cc43)C(C)(C)c3ccccc3-5)cc21. The van der Waals surface area contributed by atoms with Crippen LogP contribution in [0.15, 0.2) is 157 Å². The summed E-state index contributed by atoms with van der Waals surface area (Å²) >= 11 is 0. The van der Waals surface area contributed by atoms with Gasteiger partial charge >= 0.3 is 0 Å². The first-order chi connectivity index (χ1) is 28.5. The number of para-hydroxylation sites is 1. The van der Waals surface area contributed by atoms with Gasteiger partial charge < -0.3 is 9.47 Å². The molecule has 12 rings (SSSR count). The fraction of sp³-hybridized carbons (Fsp3) is 0.158. The van der Waals surface area contributed by atoms with Gasteiger partial charge in [0.1, 0.15) is 0 Å². The zero-order chi connectivity index (χ0) is 40.0. The van der Waals surface area contributed by atoms with Crippen LogP contribution in [-0.2, 0) is 16.2 Å². The molecule has 0 unspecified atom stereocenters. The number of fused-ring (bicyclic) bond motifs is 11. The number of anilines is 3. The lowest BCUT2D eigenvalue weighted by molar-refractivity contribution is 0.627. The molecule has 59 heavy (non-hydrogen) atoms. The lowest BCUT2D eigenvalue weighted by Crippen LogP contribution is -2.31. The normalized spacial score (nSPS) is 16.3. The van der Waals surface area contributed by atoms with E-state index in [1.54, 1.807) is 0 Å². The molecule has 4 aliphatic rings. The quantitative estimate of drug-likeness (QED) is 0.163. The highest BCUT2D eigenvalue weighted by molar-refractivity contribution is 5.99. The molecule has 0 atom stereocenters. The summed E-state index contributed by atoms with van der Waals surface area (Å²) in [4.78, 5) is 2.57. The number of rotatable bonds is 3. The maximum absolute atomic E-state index is 3.24. The van der Waals surface area contributed by atoms with Gasteiger partial charge in [-0.3, -0.25) is 0 Å². The van der Waals surface area contributed by atoms with Gasteiger partial charge in [-0.2, -0.15) is 0 Å². The summed E-state index contributed by atoms with van der Waals surface area (Å²) in [5.74, 6) is 0. The number of nitrogens with zero attached hydrogens (tertiary/aromatic N) is 2. The minimum Gasteiger partial charge on any atom is -0.310 e. The van der Waals surface area contributed by atoms with Crippen LogP contribution in [0.1, 0.15) is 86.2 Å². The predicted octanol–water partition coefficient (Wildman–Crippen LogP) is 14.8. The van der Waals surface area contributed by atoms with Crippen LogP contribution < -0.4 is 4.90 Å². The van der Waals surface area contributed by atoms with Crippen LogP contribution in [0, 0.1) is 0 Å². The van der Waals surface area contributed by atoms with Crippen LogP contribution in [0.2, 0.25) is 0 Å². The first kappa shape index (κ1) is 34.2. The van der Waals surface area contributed by atoms with Crippen molar-refractivity contribution >= 4 is 40.1 Å². The summed E-state index contributed by atoms with van der Waals surface area (Å²) in [6.07, 6.45) is 4.14. The van der Waals surface area contributed by atoms with E-state index >= 15 is 0 Å². The molecular weight excluding hydrogens is 713 g/mol. The monoisotopic (exact) mass is 756 g/mol. The summed E-state index contributed by atoms with van der Waals surface area (Å²) in [6.45, 7) is 14.4. The molecule has 2 heteroatoms. The van der Waals surface area contributed by atoms with Crippen molar-refractivity contribution in [3.8, 4) is 39.1 Å². The Morgan fingerprint density at radius 3 is 1.76 bits per heavy atom. The van der Waals surface area contributed by atoms with Crippen molar-refractivity contribution in [2.45, 2.75) is 57.8 Å². The Morgan fingerprint density at radius 1 is 0.407 bits per heavy atom. The fourth-order valence-corrected chi connectivity index (χ4v) is 11.1. The van der Waals surface area contributed by atoms with E-state index in [4.69, 9.17) is 0 Å². The van der Waals surface area contributed by atoms with Crippen molar-refractivity contribution in [3.05, 3.63) is 202 Å². The van der Waals surface area contributed by atoms with E-state index in [0.717, 1.165) is 11.4 Å². The second-order valence-corrected chi connectivity index (χ2v) is 18.5. The maximum atomic E-state index is 3.24. The molecule has 0 saturated carbocycles. The summed E-state index contributed by atoms with van der Waals surface area (Å²) in [7, 11) is 0. The largest absolute Gasteiger partial charge is 0.310 e. The summed E-state index contributed by atoms with van der Waals surface area (Å²) in [6, 6.07) is 55.0. The topological polar surface area (TPSA) is 8.17 Å². The van der Waals surface area contributed by atoms with Crippen LogP contribution in [-0.4, -0.2) is 4.57 Å². The van der Waals surface area contributed by atoms with E-state index in [1.807, 2.05) is 0 Å². The Bertz CT molecular complexity index is 3260. The number of aromatic nitrogens is 1. The highest BCUT2D eigenvalue weighted by Gasteiger charge is 2.43. The van der Waals surface area contributed by atoms with E-state index < -0.39 is 0 Å². The third kappa shape index (κ3) is 4.54. The van der Waals surface area contributed by atoms with Gasteiger partial charge in [-0.15, -0.1) is 0 Å². The zero-order valence-corrected chi connectivity index (χ0v) is 34.4. The molecule has 8 aromatic rings. The average Bonchev–Trinajstić information content (AvgIpc) is 3.80. The number of benzene rings is 7. The molecule has 0 N–H and O–H groups in total. The molecule has 2 nitrogen and oxygen atoms in total. The molecule has 2 heterocycles. The van der Waals surface area contributed by atoms with Crippen molar-refractivity contribution in [3.63, 3.8) is 0 Å². The number of hydrogen-bond donors (Lipinski definition) is 0. The van der Waals surface area contributed by atoms with Gasteiger partial charge in [-0.25, -0.2) is 0 Å². The first-order valence-electron chi connectivity index (χ1n) is 20.9. The van der Waals surface area contributed by atoms with E-state index in [0.29, 0.717) is 0 Å². The molecule has 7 aromatic carbocycles. The Hall–Kier alpha value is -6.82. The summed E-state index contributed by atoms with van der Waals surface area (Å²) in [5.41, 5.74) is 30.4. The van der Waals surface area contributed by atoms with Gasteiger partial charge in [0.15, 0.2) is 0 Å². The third-order valence-electron chi connectivity index (χ3n) is 14.3. The first-order valence-corrected chi connectivity index (χ1v) is 20.9. The second kappa shape index (κ2) is 11.6. The van der Waals surface area contributed by atoms with Crippen molar-refractivity contribution in [2.75, 3.05) is 4.90 Å². The molecule has 0 bridgehead atoms. The Balaban J connectivity index is 1.07. The standard InChI is InChI=1S/C57H44N2/c1-55(2)45-21-13-10-18-39(45)41-27-26-38(32-47(41)55)59-53-29-25-36(35-24-28-52-44(30-35)42-20-12-15-23-51(42)58(52)37-16-8-7-9-17-37)31-49(53)57(5,6)50-33-43-40-19-11-14-22-46(40)56(3,4)48(43)34-54(50)59/h7-11,13-14,16-34H,1-6H3. The van der Waals surface area contributed by atoms with Gasteiger partial charge in [-0.1, -0.05) is 138 Å².